The van der Waals surface area contributed by atoms with Crippen LogP contribution in [0.4, 0.5) is 0 Å². The Morgan fingerprint density at radius 2 is 1.96 bits per heavy atom. The lowest BCUT2D eigenvalue weighted by Gasteiger charge is -2.19. The second kappa shape index (κ2) is 6.83. The van der Waals surface area contributed by atoms with Gasteiger partial charge in [-0.25, -0.2) is 4.98 Å². The summed E-state index contributed by atoms with van der Waals surface area (Å²) >= 11 is 3.55. The molecule has 2 heterocycles. The van der Waals surface area contributed by atoms with Crippen molar-refractivity contribution in [2.24, 2.45) is 5.92 Å². The number of rotatable bonds is 4. The summed E-state index contributed by atoms with van der Waals surface area (Å²) in [7, 11) is 0. The van der Waals surface area contributed by atoms with Crippen LogP contribution in [-0.4, -0.2) is 15.3 Å². The van der Waals surface area contributed by atoms with Crippen molar-refractivity contribution in [1.82, 2.24) is 9.55 Å². The molecule has 1 fully saturated rings. The molecule has 0 bridgehead atoms. The number of hydrogen-bond acceptors (Lipinski definition) is 4. The van der Waals surface area contributed by atoms with E-state index in [9.17, 15) is 4.79 Å². The van der Waals surface area contributed by atoms with Crippen LogP contribution in [-0.2, 0) is 12.8 Å². The molecule has 0 N–H and O–H groups in total. The zero-order valence-corrected chi connectivity index (χ0v) is 16.3. The van der Waals surface area contributed by atoms with E-state index in [1.165, 1.54) is 36.1 Å². The molecule has 2 aliphatic carbocycles. The first-order valence-corrected chi connectivity index (χ1v) is 11.1. The molecule has 0 amide bonds. The van der Waals surface area contributed by atoms with Gasteiger partial charge in [0, 0.05) is 16.7 Å². The molecule has 4 rings (SSSR count). The van der Waals surface area contributed by atoms with Crippen LogP contribution in [0, 0.1) is 5.92 Å². The molecule has 24 heavy (non-hydrogen) atoms. The second-order valence-corrected chi connectivity index (χ2v) is 9.67. The van der Waals surface area contributed by atoms with Gasteiger partial charge in [0.05, 0.1) is 5.39 Å². The highest BCUT2D eigenvalue weighted by molar-refractivity contribution is 7.99. The molecular weight excluding hydrogens is 336 g/mol. The molecule has 5 heteroatoms. The van der Waals surface area contributed by atoms with Gasteiger partial charge in [0.2, 0.25) is 0 Å². The second-order valence-electron chi connectivity index (χ2n) is 7.60. The maximum absolute atomic E-state index is 13.4. The van der Waals surface area contributed by atoms with Gasteiger partial charge in [0.1, 0.15) is 4.83 Å². The molecule has 3 nitrogen and oxygen atoms in total. The summed E-state index contributed by atoms with van der Waals surface area (Å²) in [4.78, 5) is 20.8. The molecule has 0 spiro atoms. The molecule has 1 saturated carbocycles. The van der Waals surface area contributed by atoms with Crippen LogP contribution in [0.2, 0.25) is 0 Å². The molecule has 130 valence electrons. The topological polar surface area (TPSA) is 34.9 Å². The van der Waals surface area contributed by atoms with E-state index in [1.54, 1.807) is 23.1 Å². The molecule has 0 saturated heterocycles. The van der Waals surface area contributed by atoms with Gasteiger partial charge in [0.15, 0.2) is 5.16 Å². The predicted molar refractivity (Wildman–Crippen MR) is 104 cm³/mol. The van der Waals surface area contributed by atoms with Crippen molar-refractivity contribution in [2.45, 2.75) is 76.4 Å². The summed E-state index contributed by atoms with van der Waals surface area (Å²) in [5, 5.41) is 1.92. The SMILES string of the molecule is CC(C)CSc1nc2sc3c(c2c(=O)n1C1CCCC1)CCCC3. The Labute approximate surface area is 151 Å². The fraction of sp³-hybridized carbons (Fsp3) is 0.684. The minimum absolute atomic E-state index is 0.248. The van der Waals surface area contributed by atoms with E-state index in [0.29, 0.717) is 12.0 Å². The van der Waals surface area contributed by atoms with E-state index in [1.807, 2.05) is 0 Å². The van der Waals surface area contributed by atoms with Crippen LogP contribution in [0.15, 0.2) is 9.95 Å². The lowest BCUT2D eigenvalue weighted by atomic mass is 9.97. The smallest absolute Gasteiger partial charge is 0.263 e. The fourth-order valence-electron chi connectivity index (χ4n) is 4.03. The van der Waals surface area contributed by atoms with E-state index in [-0.39, 0.29) is 5.56 Å². The zero-order valence-electron chi connectivity index (χ0n) is 14.6. The monoisotopic (exact) mass is 362 g/mol. The summed E-state index contributed by atoms with van der Waals surface area (Å²) in [6.45, 7) is 4.46. The third kappa shape index (κ3) is 2.94. The number of thioether (sulfide) groups is 1. The average Bonchev–Trinajstić information content (AvgIpc) is 3.19. The van der Waals surface area contributed by atoms with E-state index < -0.39 is 0 Å². The van der Waals surface area contributed by atoms with E-state index in [2.05, 4.69) is 18.4 Å². The number of aryl methyl sites for hydroxylation is 2. The Bertz CT molecular complexity index is 800. The highest BCUT2D eigenvalue weighted by Gasteiger charge is 2.26. The minimum atomic E-state index is 0.248. The third-order valence-corrected chi connectivity index (χ3v) is 7.79. The van der Waals surface area contributed by atoms with Gasteiger partial charge >= 0.3 is 0 Å². The molecule has 0 unspecified atom stereocenters. The van der Waals surface area contributed by atoms with Crippen LogP contribution in [0.5, 0.6) is 0 Å². The minimum Gasteiger partial charge on any atom is -0.284 e. The van der Waals surface area contributed by atoms with Crippen molar-refractivity contribution in [2.75, 3.05) is 5.75 Å². The zero-order chi connectivity index (χ0) is 16.7. The standard InChI is InChI=1S/C19H26N2OS2/c1-12(2)11-23-19-20-17-16(14-9-5-6-10-15(14)24-17)18(22)21(19)13-7-3-4-8-13/h12-13H,3-11H2,1-2H3. The lowest BCUT2D eigenvalue weighted by Crippen LogP contribution is -2.27. The number of aromatic nitrogens is 2. The third-order valence-electron chi connectivity index (χ3n) is 5.22. The van der Waals surface area contributed by atoms with E-state index in [0.717, 1.165) is 46.8 Å². The largest absolute Gasteiger partial charge is 0.284 e. The van der Waals surface area contributed by atoms with Gasteiger partial charge in [0.25, 0.3) is 5.56 Å². The summed E-state index contributed by atoms with van der Waals surface area (Å²) < 4.78 is 2.07. The van der Waals surface area contributed by atoms with Gasteiger partial charge in [-0.3, -0.25) is 9.36 Å². The fourth-order valence-corrected chi connectivity index (χ4v) is 6.35. The highest BCUT2D eigenvalue weighted by Crippen LogP contribution is 2.37. The van der Waals surface area contributed by atoms with Crippen molar-refractivity contribution in [3.8, 4) is 0 Å². The lowest BCUT2D eigenvalue weighted by molar-refractivity contribution is 0.457. The average molecular weight is 363 g/mol. The van der Waals surface area contributed by atoms with Gasteiger partial charge in [-0.15, -0.1) is 11.3 Å². The predicted octanol–water partition coefficient (Wildman–Crippen LogP) is 5.20. The normalized spacial score (nSPS) is 18.6. The molecular formula is C19H26N2OS2. The van der Waals surface area contributed by atoms with Crippen molar-refractivity contribution in [3.63, 3.8) is 0 Å². The summed E-state index contributed by atoms with van der Waals surface area (Å²) in [6, 6.07) is 0.364. The first kappa shape index (κ1) is 16.6. The number of hydrogen-bond donors (Lipinski definition) is 0. The summed E-state index contributed by atoms with van der Waals surface area (Å²) in [6.07, 6.45) is 9.42. The van der Waals surface area contributed by atoms with Crippen LogP contribution in [0.1, 0.15) is 68.9 Å². The van der Waals surface area contributed by atoms with Crippen molar-refractivity contribution in [1.29, 1.82) is 0 Å². The molecule has 2 aromatic rings. The molecule has 0 radical (unpaired) electrons. The van der Waals surface area contributed by atoms with E-state index >= 15 is 0 Å². The number of thiophene rings is 1. The first-order chi connectivity index (χ1) is 11.6. The van der Waals surface area contributed by atoms with Crippen LogP contribution in [0.25, 0.3) is 10.2 Å². The quantitative estimate of drug-likeness (QED) is 0.554. The molecule has 2 aliphatic rings. The van der Waals surface area contributed by atoms with Gasteiger partial charge in [-0.2, -0.15) is 0 Å². The highest BCUT2D eigenvalue weighted by atomic mass is 32.2. The molecule has 0 aliphatic heterocycles. The van der Waals surface area contributed by atoms with Crippen LogP contribution < -0.4 is 5.56 Å². The maximum Gasteiger partial charge on any atom is 0.263 e. The Hall–Kier alpha value is -0.810. The molecule has 0 aromatic carbocycles. The Morgan fingerprint density at radius 3 is 2.71 bits per heavy atom. The van der Waals surface area contributed by atoms with Crippen LogP contribution >= 0.6 is 23.1 Å². The number of fused-ring (bicyclic) bond motifs is 3. The molecule has 2 aromatic heterocycles. The maximum atomic E-state index is 13.4. The van der Waals surface area contributed by atoms with Crippen molar-refractivity contribution < 1.29 is 0 Å². The van der Waals surface area contributed by atoms with Crippen LogP contribution in [0.3, 0.4) is 0 Å². The van der Waals surface area contributed by atoms with Crippen molar-refractivity contribution >= 4 is 33.3 Å². The van der Waals surface area contributed by atoms with Gasteiger partial charge in [-0.05, 0) is 50.0 Å². The van der Waals surface area contributed by atoms with Gasteiger partial charge in [-0.1, -0.05) is 38.5 Å². The van der Waals surface area contributed by atoms with Gasteiger partial charge < -0.3 is 0 Å². The van der Waals surface area contributed by atoms with E-state index in [4.69, 9.17) is 4.98 Å². The Morgan fingerprint density at radius 1 is 1.21 bits per heavy atom. The Balaban J connectivity index is 1.88. The number of nitrogens with zero attached hydrogens (tertiary/aromatic N) is 2. The van der Waals surface area contributed by atoms with Crippen molar-refractivity contribution in [3.05, 3.63) is 20.8 Å². The first-order valence-electron chi connectivity index (χ1n) is 9.34. The Kier molecular flexibility index (Phi) is 4.74. The summed E-state index contributed by atoms with van der Waals surface area (Å²) in [5.74, 6) is 1.63. The molecule has 0 atom stereocenters. The summed E-state index contributed by atoms with van der Waals surface area (Å²) in [5.41, 5.74) is 1.57.